The summed E-state index contributed by atoms with van der Waals surface area (Å²) < 4.78 is 1.51. The molecule has 7 heteroatoms. The quantitative estimate of drug-likeness (QED) is 0.782. The Hall–Kier alpha value is -1.60. The lowest BCUT2D eigenvalue weighted by atomic mass is 10.1. The first-order chi connectivity index (χ1) is 9.28. The smallest absolute Gasteiger partial charge is 0.274 e. The number of aryl methyl sites for hydroxylation is 1. The predicted molar refractivity (Wildman–Crippen MR) is 76.3 cm³/mol. The van der Waals surface area contributed by atoms with Gasteiger partial charge in [0.1, 0.15) is 5.69 Å². The molecule has 112 valence electrons. The molecule has 1 amide bonds. The average molecular weight is 281 g/mol. The van der Waals surface area contributed by atoms with Gasteiger partial charge in [-0.1, -0.05) is 0 Å². The van der Waals surface area contributed by atoms with Crippen LogP contribution in [0.3, 0.4) is 0 Å². The number of nitrogen functional groups attached to an aromatic ring is 1. The van der Waals surface area contributed by atoms with Crippen LogP contribution in [0, 0.1) is 0 Å². The van der Waals surface area contributed by atoms with Crippen LogP contribution in [-0.4, -0.2) is 68.9 Å². The van der Waals surface area contributed by atoms with Crippen molar-refractivity contribution in [2.75, 3.05) is 38.5 Å². The lowest BCUT2D eigenvalue weighted by Crippen LogP contribution is -2.52. The van der Waals surface area contributed by atoms with Gasteiger partial charge in [0.2, 0.25) is 0 Å². The maximum Gasteiger partial charge on any atom is 0.274 e. The molecular formula is C13H23N5O2. The third kappa shape index (κ3) is 3.29. The van der Waals surface area contributed by atoms with Gasteiger partial charge in [-0.3, -0.25) is 14.4 Å². The SMILES string of the molecule is Cn1ncc(N)c1C(=O)N1CCN(CC(C)(C)O)CC1. The number of nitrogens with two attached hydrogens (primary N) is 1. The Bertz CT molecular complexity index is 464. The van der Waals surface area contributed by atoms with Crippen LogP contribution in [0.25, 0.3) is 0 Å². The van der Waals surface area contributed by atoms with E-state index in [2.05, 4.69) is 10.00 Å². The number of aromatic nitrogens is 2. The van der Waals surface area contributed by atoms with E-state index in [1.807, 2.05) is 0 Å². The summed E-state index contributed by atoms with van der Waals surface area (Å²) in [4.78, 5) is 16.4. The van der Waals surface area contributed by atoms with E-state index < -0.39 is 5.60 Å². The van der Waals surface area contributed by atoms with Gasteiger partial charge in [-0.15, -0.1) is 0 Å². The lowest BCUT2D eigenvalue weighted by Gasteiger charge is -2.37. The summed E-state index contributed by atoms with van der Waals surface area (Å²) in [5.41, 5.74) is 5.93. The molecule has 1 fully saturated rings. The van der Waals surface area contributed by atoms with Gasteiger partial charge in [0.05, 0.1) is 17.5 Å². The molecule has 0 saturated carbocycles. The molecule has 1 aliphatic rings. The zero-order valence-electron chi connectivity index (χ0n) is 12.3. The number of aliphatic hydroxyl groups is 1. The van der Waals surface area contributed by atoms with Gasteiger partial charge >= 0.3 is 0 Å². The third-order valence-electron chi connectivity index (χ3n) is 3.44. The highest BCUT2D eigenvalue weighted by atomic mass is 16.3. The van der Waals surface area contributed by atoms with E-state index >= 15 is 0 Å². The first-order valence-electron chi connectivity index (χ1n) is 6.79. The summed E-state index contributed by atoms with van der Waals surface area (Å²) in [6, 6.07) is 0. The molecule has 20 heavy (non-hydrogen) atoms. The molecule has 0 aliphatic carbocycles. The minimum atomic E-state index is -0.710. The predicted octanol–water partition coefficient (Wildman–Crippen LogP) is -0.469. The van der Waals surface area contributed by atoms with Gasteiger partial charge < -0.3 is 15.7 Å². The van der Waals surface area contributed by atoms with Crippen molar-refractivity contribution >= 4 is 11.6 Å². The van der Waals surface area contributed by atoms with Gasteiger partial charge in [-0.05, 0) is 13.8 Å². The summed E-state index contributed by atoms with van der Waals surface area (Å²) in [6.45, 7) is 6.99. The number of amides is 1. The normalized spacial score (nSPS) is 17.5. The number of β-amino-alcohol motifs (C(OH)–C–C–N with tert-alkyl or cyclic N) is 1. The summed E-state index contributed by atoms with van der Waals surface area (Å²) in [5.74, 6) is -0.0783. The molecule has 1 aliphatic heterocycles. The van der Waals surface area contributed by atoms with Crippen LogP contribution < -0.4 is 5.73 Å². The van der Waals surface area contributed by atoms with Crippen LogP contribution in [0.2, 0.25) is 0 Å². The van der Waals surface area contributed by atoms with Crippen molar-refractivity contribution in [3.05, 3.63) is 11.9 Å². The number of rotatable bonds is 3. The zero-order chi connectivity index (χ0) is 14.9. The van der Waals surface area contributed by atoms with Crippen LogP contribution in [0.15, 0.2) is 6.20 Å². The fourth-order valence-electron chi connectivity index (χ4n) is 2.52. The molecule has 0 radical (unpaired) electrons. The summed E-state index contributed by atoms with van der Waals surface area (Å²) in [5, 5.41) is 13.8. The molecule has 2 rings (SSSR count). The standard InChI is InChI=1S/C13H23N5O2/c1-13(2,20)9-17-4-6-18(7-5-17)12(19)11-10(14)8-15-16(11)3/h8,20H,4-7,9,14H2,1-3H3. The minimum Gasteiger partial charge on any atom is -0.396 e. The van der Waals surface area contributed by atoms with Crippen LogP contribution in [-0.2, 0) is 7.05 Å². The van der Waals surface area contributed by atoms with E-state index in [0.717, 1.165) is 13.1 Å². The Balaban J connectivity index is 1.96. The second kappa shape index (κ2) is 5.41. The molecule has 0 spiro atoms. The molecule has 0 unspecified atom stereocenters. The highest BCUT2D eigenvalue weighted by Gasteiger charge is 2.27. The Morgan fingerprint density at radius 1 is 1.40 bits per heavy atom. The summed E-state index contributed by atoms with van der Waals surface area (Å²) in [7, 11) is 1.72. The van der Waals surface area contributed by atoms with Crippen molar-refractivity contribution in [3.8, 4) is 0 Å². The number of hydrogen-bond acceptors (Lipinski definition) is 5. The van der Waals surface area contributed by atoms with Crippen molar-refractivity contribution in [1.29, 1.82) is 0 Å². The van der Waals surface area contributed by atoms with Gasteiger partial charge in [0.25, 0.3) is 5.91 Å². The number of anilines is 1. The molecule has 0 aromatic carbocycles. The fourth-order valence-corrected chi connectivity index (χ4v) is 2.52. The largest absolute Gasteiger partial charge is 0.396 e. The lowest BCUT2D eigenvalue weighted by molar-refractivity contribution is 0.0176. The number of piperazine rings is 1. The Morgan fingerprint density at radius 3 is 2.45 bits per heavy atom. The highest BCUT2D eigenvalue weighted by Crippen LogP contribution is 2.15. The number of hydrogen-bond donors (Lipinski definition) is 2. The second-order valence-corrected chi connectivity index (χ2v) is 5.95. The molecule has 1 saturated heterocycles. The summed E-state index contributed by atoms with van der Waals surface area (Å²) in [6.07, 6.45) is 1.50. The van der Waals surface area contributed by atoms with Crippen molar-refractivity contribution in [2.45, 2.75) is 19.4 Å². The van der Waals surface area contributed by atoms with Crippen LogP contribution in [0.5, 0.6) is 0 Å². The van der Waals surface area contributed by atoms with Crippen molar-refractivity contribution in [2.24, 2.45) is 7.05 Å². The number of nitrogens with zero attached hydrogens (tertiary/aromatic N) is 4. The minimum absolute atomic E-state index is 0.0783. The molecular weight excluding hydrogens is 258 g/mol. The Labute approximate surface area is 118 Å². The molecule has 7 nitrogen and oxygen atoms in total. The first-order valence-corrected chi connectivity index (χ1v) is 6.79. The Kier molecular flexibility index (Phi) is 4.01. The highest BCUT2D eigenvalue weighted by molar-refractivity contribution is 5.97. The second-order valence-electron chi connectivity index (χ2n) is 5.95. The molecule has 2 heterocycles. The topological polar surface area (TPSA) is 87.6 Å². The van der Waals surface area contributed by atoms with E-state index in [-0.39, 0.29) is 5.91 Å². The van der Waals surface area contributed by atoms with Crippen LogP contribution in [0.1, 0.15) is 24.3 Å². The third-order valence-corrected chi connectivity index (χ3v) is 3.44. The van der Waals surface area contributed by atoms with Crippen LogP contribution >= 0.6 is 0 Å². The fraction of sp³-hybridized carbons (Fsp3) is 0.692. The first kappa shape index (κ1) is 14.8. The van der Waals surface area contributed by atoms with E-state index in [1.54, 1.807) is 25.8 Å². The van der Waals surface area contributed by atoms with Gasteiger partial charge in [0, 0.05) is 39.8 Å². The van der Waals surface area contributed by atoms with Crippen molar-refractivity contribution < 1.29 is 9.90 Å². The molecule has 1 aromatic heterocycles. The van der Waals surface area contributed by atoms with E-state index in [0.29, 0.717) is 31.0 Å². The van der Waals surface area contributed by atoms with Gasteiger partial charge in [-0.2, -0.15) is 5.10 Å². The monoisotopic (exact) mass is 281 g/mol. The maximum atomic E-state index is 12.4. The molecule has 1 aromatic rings. The number of carbonyl (C=O) groups excluding carboxylic acids is 1. The molecule has 0 atom stereocenters. The van der Waals surface area contributed by atoms with Gasteiger partial charge in [-0.25, -0.2) is 0 Å². The number of carbonyl (C=O) groups is 1. The molecule has 0 bridgehead atoms. The summed E-state index contributed by atoms with van der Waals surface area (Å²) >= 11 is 0. The van der Waals surface area contributed by atoms with Crippen LogP contribution in [0.4, 0.5) is 5.69 Å². The van der Waals surface area contributed by atoms with Crippen molar-refractivity contribution in [3.63, 3.8) is 0 Å². The van der Waals surface area contributed by atoms with E-state index in [4.69, 9.17) is 5.73 Å². The molecule has 3 N–H and O–H groups in total. The maximum absolute atomic E-state index is 12.4. The Morgan fingerprint density at radius 2 is 2.00 bits per heavy atom. The average Bonchev–Trinajstić information content (AvgIpc) is 2.67. The van der Waals surface area contributed by atoms with Crippen molar-refractivity contribution in [1.82, 2.24) is 19.6 Å². The van der Waals surface area contributed by atoms with E-state index in [9.17, 15) is 9.90 Å². The zero-order valence-corrected chi connectivity index (χ0v) is 12.3. The van der Waals surface area contributed by atoms with Gasteiger partial charge in [0.15, 0.2) is 0 Å². The van der Waals surface area contributed by atoms with E-state index in [1.165, 1.54) is 10.9 Å².